The van der Waals surface area contributed by atoms with E-state index in [4.69, 9.17) is 0 Å². The summed E-state index contributed by atoms with van der Waals surface area (Å²) in [6.45, 7) is 6.33. The molecule has 0 spiro atoms. The van der Waals surface area contributed by atoms with E-state index in [0.29, 0.717) is 11.7 Å². The van der Waals surface area contributed by atoms with Crippen LogP contribution in [0.2, 0.25) is 0 Å². The van der Waals surface area contributed by atoms with Crippen molar-refractivity contribution in [2.24, 2.45) is 5.92 Å². The normalized spacial score (nSPS) is 11.0. The smallest absolute Gasteiger partial charge is 0.251 e. The van der Waals surface area contributed by atoms with E-state index in [9.17, 15) is 4.79 Å². The van der Waals surface area contributed by atoms with Gasteiger partial charge in [0.1, 0.15) is 5.82 Å². The van der Waals surface area contributed by atoms with Gasteiger partial charge in [-0.1, -0.05) is 31.5 Å². The molecule has 2 rings (SSSR count). The summed E-state index contributed by atoms with van der Waals surface area (Å²) < 4.78 is 0. The summed E-state index contributed by atoms with van der Waals surface area (Å²) in [4.78, 5) is 20.2. The molecule has 20 heavy (non-hydrogen) atoms. The maximum atomic E-state index is 11.7. The van der Waals surface area contributed by atoms with Crippen molar-refractivity contribution in [3.8, 4) is 0 Å². The second kappa shape index (κ2) is 6.75. The van der Waals surface area contributed by atoms with Crippen molar-refractivity contribution < 1.29 is 0 Å². The number of H-pyrrole nitrogens is 1. The highest BCUT2D eigenvalue weighted by Crippen LogP contribution is 2.21. The molecular formula is C16H20N2OS. The summed E-state index contributed by atoms with van der Waals surface area (Å²) >= 11 is 1.69. The Labute approximate surface area is 123 Å². The Morgan fingerprint density at radius 3 is 2.80 bits per heavy atom. The van der Waals surface area contributed by atoms with Crippen molar-refractivity contribution >= 4 is 11.8 Å². The number of nitrogens with one attached hydrogen (secondary N) is 1. The highest BCUT2D eigenvalue weighted by Gasteiger charge is 2.05. The first-order valence-corrected chi connectivity index (χ1v) is 7.80. The lowest BCUT2D eigenvalue weighted by molar-refractivity contribution is 0.630. The van der Waals surface area contributed by atoms with E-state index in [1.54, 1.807) is 17.8 Å². The second-order valence-corrected chi connectivity index (χ2v) is 6.44. The second-order valence-electron chi connectivity index (χ2n) is 5.39. The lowest BCUT2D eigenvalue weighted by Crippen LogP contribution is -2.13. The summed E-state index contributed by atoms with van der Waals surface area (Å²) in [5.41, 5.74) is 2.06. The van der Waals surface area contributed by atoms with Crippen molar-refractivity contribution in [2.45, 2.75) is 37.8 Å². The molecule has 4 heteroatoms. The molecule has 0 aliphatic rings. The molecule has 106 valence electrons. The van der Waals surface area contributed by atoms with Crippen molar-refractivity contribution in [3.05, 3.63) is 57.8 Å². The van der Waals surface area contributed by atoms with Crippen molar-refractivity contribution in [1.29, 1.82) is 0 Å². The Hall–Kier alpha value is -1.55. The molecule has 0 aliphatic heterocycles. The van der Waals surface area contributed by atoms with Crippen LogP contribution < -0.4 is 5.56 Å². The summed E-state index contributed by atoms with van der Waals surface area (Å²) in [5, 5.41) is 0. The van der Waals surface area contributed by atoms with Gasteiger partial charge in [0.25, 0.3) is 5.56 Å². The number of hydrogen-bond donors (Lipinski definition) is 1. The molecule has 1 heterocycles. The van der Waals surface area contributed by atoms with Crippen LogP contribution in [0.15, 0.2) is 40.0 Å². The lowest BCUT2D eigenvalue weighted by atomic mass is 10.1. The predicted molar refractivity (Wildman–Crippen MR) is 84.1 cm³/mol. The summed E-state index contributed by atoms with van der Waals surface area (Å²) in [5.74, 6) is 1.94. The van der Waals surface area contributed by atoms with Gasteiger partial charge in [-0.3, -0.25) is 4.79 Å². The van der Waals surface area contributed by atoms with Crippen LogP contribution in [0.3, 0.4) is 0 Å². The molecule has 1 N–H and O–H groups in total. The number of rotatable bonds is 5. The highest BCUT2D eigenvalue weighted by atomic mass is 32.2. The molecular weight excluding hydrogens is 268 g/mol. The van der Waals surface area contributed by atoms with E-state index in [1.807, 2.05) is 6.07 Å². The van der Waals surface area contributed by atoms with Crippen molar-refractivity contribution in [1.82, 2.24) is 9.97 Å². The fourth-order valence-corrected chi connectivity index (χ4v) is 2.90. The molecule has 3 nitrogen and oxygen atoms in total. The summed E-state index contributed by atoms with van der Waals surface area (Å²) in [6.07, 6.45) is 0.839. The number of nitrogens with zero attached hydrogens (tertiary/aromatic N) is 1. The molecule has 0 fully saturated rings. The third-order valence-corrected chi connectivity index (χ3v) is 3.83. The van der Waals surface area contributed by atoms with E-state index in [-0.39, 0.29) is 5.56 Å². The predicted octanol–water partition coefficient (Wildman–Crippen LogP) is 3.57. The van der Waals surface area contributed by atoms with Gasteiger partial charge >= 0.3 is 0 Å². The molecule has 0 atom stereocenters. The SMILES string of the molecule is Cc1cccc(SCc2nc(CC(C)C)cc(=O)[nH]2)c1. The number of aromatic nitrogens is 2. The first kappa shape index (κ1) is 14.9. The van der Waals surface area contributed by atoms with Crippen LogP contribution in [0.25, 0.3) is 0 Å². The molecule has 0 amide bonds. The first-order valence-electron chi connectivity index (χ1n) is 6.81. The highest BCUT2D eigenvalue weighted by molar-refractivity contribution is 7.98. The monoisotopic (exact) mass is 288 g/mol. The fraction of sp³-hybridized carbons (Fsp3) is 0.375. The van der Waals surface area contributed by atoms with E-state index in [2.05, 4.69) is 48.9 Å². The van der Waals surface area contributed by atoms with Crippen LogP contribution in [0.4, 0.5) is 0 Å². The average molecular weight is 288 g/mol. The quantitative estimate of drug-likeness (QED) is 0.856. The zero-order valence-corrected chi connectivity index (χ0v) is 13.0. The Bertz CT molecular complexity index is 634. The van der Waals surface area contributed by atoms with E-state index < -0.39 is 0 Å². The molecule has 0 radical (unpaired) electrons. The number of thioether (sulfide) groups is 1. The van der Waals surface area contributed by atoms with Crippen LogP contribution in [0, 0.1) is 12.8 Å². The summed E-state index contributed by atoms with van der Waals surface area (Å²) in [7, 11) is 0. The van der Waals surface area contributed by atoms with Crippen LogP contribution in [0.1, 0.15) is 30.9 Å². The summed E-state index contributed by atoms with van der Waals surface area (Å²) in [6, 6.07) is 9.94. The Kier molecular flexibility index (Phi) is 5.01. The third-order valence-electron chi connectivity index (χ3n) is 2.83. The largest absolute Gasteiger partial charge is 0.310 e. The van der Waals surface area contributed by atoms with Gasteiger partial charge < -0.3 is 4.98 Å². The van der Waals surface area contributed by atoms with Gasteiger partial charge in [-0.25, -0.2) is 4.98 Å². The average Bonchev–Trinajstić information content (AvgIpc) is 2.35. The maximum absolute atomic E-state index is 11.7. The maximum Gasteiger partial charge on any atom is 0.251 e. The van der Waals surface area contributed by atoms with E-state index in [1.165, 1.54) is 10.5 Å². The molecule has 0 aliphatic carbocycles. The zero-order valence-electron chi connectivity index (χ0n) is 12.1. The van der Waals surface area contributed by atoms with E-state index in [0.717, 1.165) is 17.9 Å². The molecule has 1 aromatic heterocycles. The minimum absolute atomic E-state index is 0.0597. The molecule has 0 bridgehead atoms. The molecule has 1 aromatic carbocycles. The van der Waals surface area contributed by atoms with Gasteiger partial charge in [0.05, 0.1) is 5.75 Å². The number of aromatic amines is 1. The Morgan fingerprint density at radius 2 is 2.10 bits per heavy atom. The van der Waals surface area contributed by atoms with E-state index >= 15 is 0 Å². The minimum Gasteiger partial charge on any atom is -0.310 e. The van der Waals surface area contributed by atoms with Crippen molar-refractivity contribution in [2.75, 3.05) is 0 Å². The lowest BCUT2D eigenvalue weighted by Gasteiger charge is -2.06. The topological polar surface area (TPSA) is 45.8 Å². The van der Waals surface area contributed by atoms with Gasteiger partial charge in [0, 0.05) is 16.7 Å². The standard InChI is InChI=1S/C16H20N2OS/c1-11(2)7-13-9-16(19)18-15(17-13)10-20-14-6-4-5-12(3)8-14/h4-6,8-9,11H,7,10H2,1-3H3,(H,17,18,19). The zero-order chi connectivity index (χ0) is 14.5. The van der Waals surface area contributed by atoms with Gasteiger partial charge in [0.15, 0.2) is 0 Å². The van der Waals surface area contributed by atoms with Crippen LogP contribution >= 0.6 is 11.8 Å². The molecule has 0 saturated carbocycles. The van der Waals surface area contributed by atoms with Crippen LogP contribution in [-0.4, -0.2) is 9.97 Å². The van der Waals surface area contributed by atoms with Gasteiger partial charge in [-0.2, -0.15) is 0 Å². The van der Waals surface area contributed by atoms with Gasteiger partial charge in [-0.05, 0) is 31.4 Å². The van der Waals surface area contributed by atoms with Gasteiger partial charge in [0.2, 0.25) is 0 Å². The molecule has 0 unspecified atom stereocenters. The third kappa shape index (κ3) is 4.53. The number of hydrogen-bond acceptors (Lipinski definition) is 3. The number of aryl methyl sites for hydroxylation is 1. The minimum atomic E-state index is -0.0597. The van der Waals surface area contributed by atoms with Gasteiger partial charge in [-0.15, -0.1) is 11.8 Å². The number of benzene rings is 1. The first-order chi connectivity index (χ1) is 9.52. The van der Waals surface area contributed by atoms with Crippen LogP contribution in [-0.2, 0) is 12.2 Å². The molecule has 0 saturated heterocycles. The van der Waals surface area contributed by atoms with Crippen LogP contribution in [0.5, 0.6) is 0 Å². The fourth-order valence-electron chi connectivity index (χ4n) is 2.01. The van der Waals surface area contributed by atoms with Crippen molar-refractivity contribution in [3.63, 3.8) is 0 Å². The Balaban J connectivity index is 2.09. The molecule has 2 aromatic rings. The Morgan fingerprint density at radius 1 is 1.30 bits per heavy atom.